The second-order valence-corrected chi connectivity index (χ2v) is 5.08. The number of hydrogen-bond donors (Lipinski definition) is 0. The Morgan fingerprint density at radius 3 is 1.00 bits per heavy atom. The maximum absolute atomic E-state index is 2.12. The van der Waals surface area contributed by atoms with Crippen molar-refractivity contribution in [3.05, 3.63) is 109 Å². The predicted molar refractivity (Wildman–Crippen MR) is 94.9 cm³/mol. The van der Waals surface area contributed by atoms with E-state index < -0.39 is 0 Å². The van der Waals surface area contributed by atoms with Gasteiger partial charge in [0, 0.05) is 0 Å². The van der Waals surface area contributed by atoms with Crippen LogP contribution in [0.15, 0.2) is 109 Å². The van der Waals surface area contributed by atoms with Gasteiger partial charge in [0.2, 0.25) is 0 Å². The molecule has 0 aliphatic rings. The molecule has 0 spiro atoms. The number of rotatable bonds is 2. The maximum Gasteiger partial charge on any atom is 2.00 e. The summed E-state index contributed by atoms with van der Waals surface area (Å²) in [6.07, 6.45) is 0. The SMILES string of the molecule is [Mn+2].c1ccc(-[c-]2cccc2)cc1.c1ccc(-[c-]2cccc2)cc1. The molecule has 1 radical (unpaired) electrons. The summed E-state index contributed by atoms with van der Waals surface area (Å²) in [6, 6.07) is 37.5. The fourth-order valence-corrected chi connectivity index (χ4v) is 2.39. The molecule has 0 saturated carbocycles. The molecule has 0 saturated heterocycles. The summed E-state index contributed by atoms with van der Waals surface area (Å²) in [5.41, 5.74) is 5.17. The Morgan fingerprint density at radius 1 is 0.391 bits per heavy atom. The van der Waals surface area contributed by atoms with Gasteiger partial charge in [0.05, 0.1) is 0 Å². The van der Waals surface area contributed by atoms with Crippen LogP contribution in [-0.4, -0.2) is 0 Å². The summed E-state index contributed by atoms with van der Waals surface area (Å²) in [5.74, 6) is 0. The standard InChI is InChI=1S/2C11H9.Mn/c2*1-2-6-10(7-3-1)11-8-4-5-9-11;/h2*1-9H;/q2*-1;+2. The van der Waals surface area contributed by atoms with Crippen LogP contribution in [0.3, 0.4) is 0 Å². The molecule has 0 bridgehead atoms. The molecule has 0 aliphatic carbocycles. The van der Waals surface area contributed by atoms with Gasteiger partial charge < -0.3 is 0 Å². The molecule has 0 atom stereocenters. The molecule has 4 aromatic carbocycles. The second-order valence-electron chi connectivity index (χ2n) is 5.08. The van der Waals surface area contributed by atoms with Gasteiger partial charge in [-0.05, 0) is 0 Å². The van der Waals surface area contributed by atoms with E-state index in [9.17, 15) is 0 Å². The average molecular weight is 337 g/mol. The molecule has 0 heterocycles. The molecular weight excluding hydrogens is 319 g/mol. The van der Waals surface area contributed by atoms with Gasteiger partial charge >= 0.3 is 17.1 Å². The first kappa shape index (κ1) is 17.0. The summed E-state index contributed by atoms with van der Waals surface area (Å²) in [5, 5.41) is 0. The number of benzene rings is 2. The third-order valence-electron chi connectivity index (χ3n) is 3.54. The van der Waals surface area contributed by atoms with E-state index in [1.807, 2.05) is 12.1 Å². The van der Waals surface area contributed by atoms with Crippen molar-refractivity contribution in [2.75, 3.05) is 0 Å². The molecule has 4 rings (SSSR count). The van der Waals surface area contributed by atoms with Crippen molar-refractivity contribution in [2.45, 2.75) is 0 Å². The van der Waals surface area contributed by atoms with Crippen LogP contribution >= 0.6 is 0 Å². The van der Waals surface area contributed by atoms with E-state index in [0.29, 0.717) is 0 Å². The Kier molecular flexibility index (Phi) is 6.62. The topological polar surface area (TPSA) is 0 Å². The molecule has 1 heteroatoms. The molecule has 0 amide bonds. The summed E-state index contributed by atoms with van der Waals surface area (Å²) in [6.45, 7) is 0. The third kappa shape index (κ3) is 4.82. The van der Waals surface area contributed by atoms with Crippen molar-refractivity contribution in [2.24, 2.45) is 0 Å². The molecule has 113 valence electrons. The molecule has 0 fully saturated rings. The van der Waals surface area contributed by atoms with E-state index in [-0.39, 0.29) is 17.1 Å². The Morgan fingerprint density at radius 2 is 0.696 bits per heavy atom. The minimum Gasteiger partial charge on any atom is -0.152 e. The van der Waals surface area contributed by atoms with Crippen LogP contribution in [-0.2, 0) is 17.1 Å². The third-order valence-corrected chi connectivity index (χ3v) is 3.54. The van der Waals surface area contributed by atoms with E-state index in [0.717, 1.165) is 0 Å². The van der Waals surface area contributed by atoms with Crippen molar-refractivity contribution in [1.82, 2.24) is 0 Å². The van der Waals surface area contributed by atoms with E-state index in [2.05, 4.69) is 97.1 Å². The van der Waals surface area contributed by atoms with Crippen molar-refractivity contribution in [3.8, 4) is 22.3 Å². The first-order chi connectivity index (χ1) is 10.9. The summed E-state index contributed by atoms with van der Waals surface area (Å²) < 4.78 is 0. The monoisotopic (exact) mass is 337 g/mol. The van der Waals surface area contributed by atoms with Crippen LogP contribution in [0.1, 0.15) is 0 Å². The zero-order valence-corrected chi connectivity index (χ0v) is 14.0. The Bertz CT molecular complexity index is 682. The zero-order valence-electron chi connectivity index (χ0n) is 12.8. The molecule has 0 aromatic heterocycles. The molecular formula is C22H18Mn. The summed E-state index contributed by atoms with van der Waals surface area (Å²) >= 11 is 0. The van der Waals surface area contributed by atoms with Gasteiger partial charge in [-0.1, -0.05) is 47.5 Å². The fraction of sp³-hybridized carbons (Fsp3) is 0. The van der Waals surface area contributed by atoms with Gasteiger partial charge in [0.1, 0.15) is 0 Å². The molecule has 4 aromatic rings. The van der Waals surface area contributed by atoms with Crippen LogP contribution in [0.2, 0.25) is 0 Å². The van der Waals surface area contributed by atoms with E-state index in [4.69, 9.17) is 0 Å². The second kappa shape index (κ2) is 8.95. The summed E-state index contributed by atoms with van der Waals surface area (Å²) in [7, 11) is 0. The van der Waals surface area contributed by atoms with Crippen molar-refractivity contribution in [3.63, 3.8) is 0 Å². The molecule has 23 heavy (non-hydrogen) atoms. The number of hydrogen-bond acceptors (Lipinski definition) is 0. The van der Waals surface area contributed by atoms with Crippen LogP contribution in [0.4, 0.5) is 0 Å². The first-order valence-electron chi connectivity index (χ1n) is 7.48. The molecule has 0 unspecified atom stereocenters. The van der Waals surface area contributed by atoms with E-state index >= 15 is 0 Å². The van der Waals surface area contributed by atoms with E-state index in [1.165, 1.54) is 22.3 Å². The largest absolute Gasteiger partial charge is 2.00 e. The van der Waals surface area contributed by atoms with Crippen molar-refractivity contribution >= 4 is 0 Å². The minimum atomic E-state index is 0. The van der Waals surface area contributed by atoms with Gasteiger partial charge in [0.25, 0.3) is 0 Å². The molecule has 0 nitrogen and oxygen atoms in total. The van der Waals surface area contributed by atoms with Crippen LogP contribution in [0.5, 0.6) is 0 Å². The van der Waals surface area contributed by atoms with Gasteiger partial charge in [-0.2, -0.15) is 24.3 Å². The van der Waals surface area contributed by atoms with E-state index in [1.54, 1.807) is 0 Å². The maximum atomic E-state index is 2.12. The van der Waals surface area contributed by atoms with Crippen LogP contribution in [0, 0.1) is 0 Å². The molecule has 0 N–H and O–H groups in total. The van der Waals surface area contributed by atoms with Crippen LogP contribution < -0.4 is 0 Å². The van der Waals surface area contributed by atoms with Crippen molar-refractivity contribution in [1.29, 1.82) is 0 Å². The zero-order chi connectivity index (χ0) is 15.0. The molecule has 0 aliphatic heterocycles. The van der Waals surface area contributed by atoms with Gasteiger partial charge in [-0.3, -0.25) is 0 Å². The van der Waals surface area contributed by atoms with Gasteiger partial charge in [-0.25, -0.2) is 0 Å². The average Bonchev–Trinajstić information content (AvgIpc) is 3.31. The van der Waals surface area contributed by atoms with Crippen molar-refractivity contribution < 1.29 is 17.1 Å². The smallest absolute Gasteiger partial charge is 0.152 e. The summed E-state index contributed by atoms with van der Waals surface area (Å²) in [4.78, 5) is 0. The Labute approximate surface area is 148 Å². The Hall–Kier alpha value is -2.34. The quantitative estimate of drug-likeness (QED) is 0.304. The minimum absolute atomic E-state index is 0. The van der Waals surface area contributed by atoms with Crippen LogP contribution in [0.25, 0.3) is 22.3 Å². The van der Waals surface area contributed by atoms with Gasteiger partial charge in [-0.15, -0.1) is 59.7 Å². The normalized spacial score (nSPS) is 9.39. The van der Waals surface area contributed by atoms with Gasteiger partial charge in [0.15, 0.2) is 0 Å². The fourth-order valence-electron chi connectivity index (χ4n) is 2.39. The first-order valence-corrected chi connectivity index (χ1v) is 7.48. The Balaban J connectivity index is 0.000000160. The predicted octanol–water partition coefficient (Wildman–Crippen LogP) is 6.14.